The predicted molar refractivity (Wildman–Crippen MR) is 252 cm³/mol. The smallest absolute Gasteiger partial charge is 0.329 e. The minimum Gasteiger partial charge on any atom is -0.389 e. The molecule has 3 fully saturated rings. The lowest BCUT2D eigenvalue weighted by Gasteiger charge is -2.41. The van der Waals surface area contributed by atoms with E-state index >= 15 is 4.39 Å². The van der Waals surface area contributed by atoms with Crippen molar-refractivity contribution in [3.05, 3.63) is 101 Å². The maximum atomic E-state index is 16.0. The van der Waals surface area contributed by atoms with Gasteiger partial charge in [-0.1, -0.05) is 12.1 Å². The Hall–Kier alpha value is -7.19. The molecule has 68 heavy (non-hydrogen) atoms. The maximum Gasteiger partial charge on any atom is 0.329 e. The number of imidazole rings is 1. The molecule has 0 aliphatic carbocycles. The van der Waals surface area contributed by atoms with Gasteiger partial charge in [0.05, 0.1) is 36.1 Å². The quantitative estimate of drug-likeness (QED) is 0.170. The summed E-state index contributed by atoms with van der Waals surface area (Å²) in [6.07, 6.45) is 6.04. The Labute approximate surface area is 393 Å². The number of benzene rings is 3. The van der Waals surface area contributed by atoms with Crippen molar-refractivity contribution >= 4 is 74.2 Å². The Morgan fingerprint density at radius 1 is 0.897 bits per heavy atom. The molecule has 11 rings (SSSR count). The molecular formula is C48H49FN12O6S. The Morgan fingerprint density at radius 3 is 2.41 bits per heavy atom. The van der Waals surface area contributed by atoms with E-state index < -0.39 is 35.3 Å². The molecule has 0 radical (unpaired) electrons. The Kier molecular flexibility index (Phi) is 10.9. The predicted octanol–water partition coefficient (Wildman–Crippen LogP) is 4.83. The number of urea groups is 1. The molecule has 1 unspecified atom stereocenters. The summed E-state index contributed by atoms with van der Waals surface area (Å²) >= 11 is 1.27. The Bertz CT molecular complexity index is 2990. The molecule has 6 aromatic rings. The van der Waals surface area contributed by atoms with E-state index in [0.29, 0.717) is 74.3 Å². The molecule has 18 nitrogen and oxygen atoms in total. The molecule has 5 aliphatic heterocycles. The van der Waals surface area contributed by atoms with Crippen LogP contribution in [0.15, 0.2) is 72.5 Å². The minimum atomic E-state index is -1.12. The number of halogens is 1. The molecule has 3 saturated heterocycles. The molecular weight excluding hydrogens is 892 g/mol. The largest absolute Gasteiger partial charge is 0.389 e. The van der Waals surface area contributed by atoms with Gasteiger partial charge < -0.3 is 29.3 Å². The third-order valence-corrected chi connectivity index (χ3v) is 14.8. The summed E-state index contributed by atoms with van der Waals surface area (Å²) in [4.78, 5) is 83.7. The molecule has 350 valence electrons. The second kappa shape index (κ2) is 17.2. The summed E-state index contributed by atoms with van der Waals surface area (Å²) < 4.78 is 19.7. The van der Waals surface area contributed by atoms with Crippen LogP contribution in [-0.2, 0) is 40.9 Å². The van der Waals surface area contributed by atoms with E-state index in [4.69, 9.17) is 0 Å². The number of rotatable bonds is 10. The molecule has 8 heterocycles. The van der Waals surface area contributed by atoms with Gasteiger partial charge in [-0.3, -0.25) is 39.4 Å². The number of aliphatic hydroxyl groups is 1. The van der Waals surface area contributed by atoms with Crippen molar-refractivity contribution in [3.63, 3.8) is 0 Å². The zero-order valence-corrected chi connectivity index (χ0v) is 38.2. The fourth-order valence-corrected chi connectivity index (χ4v) is 10.9. The number of thiazole rings is 1. The van der Waals surface area contributed by atoms with Crippen LogP contribution in [0.3, 0.4) is 0 Å². The topological polar surface area (TPSA) is 194 Å². The van der Waals surface area contributed by atoms with Crippen molar-refractivity contribution < 1.29 is 33.5 Å². The number of nitrogens with zero attached hydrogens (tertiary/aromatic N) is 10. The molecule has 5 aliphatic rings. The highest BCUT2D eigenvalue weighted by Crippen LogP contribution is 2.39. The number of carbonyl (C=O) groups excluding carboxylic acids is 5. The van der Waals surface area contributed by atoms with Crippen LogP contribution in [0.5, 0.6) is 0 Å². The number of carbonyl (C=O) groups is 5. The van der Waals surface area contributed by atoms with Gasteiger partial charge in [0.25, 0.3) is 11.8 Å². The average molecular weight is 941 g/mol. The minimum absolute atomic E-state index is 0.0452. The number of aryl methyl sites for hydroxylation is 2. The van der Waals surface area contributed by atoms with Crippen LogP contribution in [0.25, 0.3) is 22.0 Å². The third-order valence-electron chi connectivity index (χ3n) is 14.2. The summed E-state index contributed by atoms with van der Waals surface area (Å²) in [6, 6.07) is 15.2. The number of aromatic nitrogens is 5. The van der Waals surface area contributed by atoms with Crippen molar-refractivity contribution in [2.24, 2.45) is 7.05 Å². The summed E-state index contributed by atoms with van der Waals surface area (Å²) in [5, 5.41) is 24.3. The van der Waals surface area contributed by atoms with Gasteiger partial charge in [-0.15, -0.1) is 11.3 Å². The van der Waals surface area contributed by atoms with Gasteiger partial charge in [-0.05, 0) is 79.3 Å². The van der Waals surface area contributed by atoms with Gasteiger partial charge in [0.1, 0.15) is 5.82 Å². The van der Waals surface area contributed by atoms with Gasteiger partial charge in [-0.25, -0.2) is 19.2 Å². The van der Waals surface area contributed by atoms with Gasteiger partial charge in [0.2, 0.25) is 11.8 Å². The number of anilines is 4. The lowest BCUT2D eigenvalue weighted by molar-refractivity contribution is -0.137. The van der Waals surface area contributed by atoms with Crippen molar-refractivity contribution in [3.8, 4) is 11.1 Å². The molecule has 0 spiro atoms. The standard InChI is InChI=1S/C48H49FN12O6S/c1-55-38-25-32(8-9-33(38)43(54-55)60-15-10-39(62)52-47(60)66)56-16-11-48(67,12-17-56)26-40(63)58-20-18-57(19-21-58)31-6-4-29(5-7-31)30-23-34-35(36(49)24-30)27-61(45(34)65)42(44(64)53-46-50-13-22-68-46)41-37-3-2-14-59(37)28-51-41/h4-9,13,22-25,28,42,67H,2-3,10-12,14-21,26-27H2,1H3,(H,50,53,64)(H,52,62,66). The van der Waals surface area contributed by atoms with Crippen molar-refractivity contribution in [1.29, 1.82) is 0 Å². The summed E-state index contributed by atoms with van der Waals surface area (Å²) in [6.45, 7) is 4.31. The molecule has 0 saturated carbocycles. The molecule has 3 aromatic heterocycles. The number of nitrogens with one attached hydrogen (secondary N) is 2. The molecule has 20 heteroatoms. The van der Waals surface area contributed by atoms with Crippen molar-refractivity contribution in [2.75, 3.05) is 65.8 Å². The monoisotopic (exact) mass is 940 g/mol. The average Bonchev–Trinajstić information content (AvgIpc) is 4.20. The highest BCUT2D eigenvalue weighted by Gasteiger charge is 2.43. The van der Waals surface area contributed by atoms with E-state index in [1.54, 1.807) is 28.7 Å². The number of piperazine rings is 1. The maximum absolute atomic E-state index is 16.0. The van der Waals surface area contributed by atoms with Crippen LogP contribution in [0.4, 0.5) is 31.5 Å². The fraction of sp³-hybridized carbons (Fsp3) is 0.375. The fourth-order valence-electron chi connectivity index (χ4n) is 10.4. The Morgan fingerprint density at radius 2 is 1.66 bits per heavy atom. The van der Waals surface area contributed by atoms with Crippen molar-refractivity contribution in [1.82, 2.24) is 39.4 Å². The highest BCUT2D eigenvalue weighted by atomic mass is 32.1. The molecule has 3 aromatic carbocycles. The summed E-state index contributed by atoms with van der Waals surface area (Å²) in [5.41, 5.74) is 4.75. The van der Waals surface area contributed by atoms with Crippen LogP contribution in [-0.4, -0.2) is 120 Å². The number of piperidine rings is 1. The van der Waals surface area contributed by atoms with Crippen LogP contribution < -0.4 is 25.3 Å². The van der Waals surface area contributed by atoms with Crippen LogP contribution >= 0.6 is 11.3 Å². The lowest BCUT2D eigenvalue weighted by Crippen LogP contribution is -2.52. The molecule has 3 N–H and O–H groups in total. The molecule has 1 atom stereocenters. The second-order valence-corrected chi connectivity index (χ2v) is 19.1. The first-order valence-electron chi connectivity index (χ1n) is 23.0. The van der Waals surface area contributed by atoms with Gasteiger partial charge in [-0.2, -0.15) is 5.10 Å². The summed E-state index contributed by atoms with van der Waals surface area (Å²) in [7, 11) is 1.82. The van der Waals surface area contributed by atoms with Crippen LogP contribution in [0.1, 0.15) is 65.5 Å². The zero-order valence-electron chi connectivity index (χ0n) is 37.4. The number of hydrogen-bond donors (Lipinski definition) is 3. The first-order chi connectivity index (χ1) is 32.9. The van der Waals surface area contributed by atoms with Crippen LogP contribution in [0.2, 0.25) is 0 Å². The molecule has 0 bridgehead atoms. The second-order valence-electron chi connectivity index (χ2n) is 18.2. The van der Waals surface area contributed by atoms with E-state index in [2.05, 4.69) is 35.5 Å². The normalized spacial score (nSPS) is 18.6. The first-order valence-corrected chi connectivity index (χ1v) is 23.8. The number of hydrogen-bond acceptors (Lipinski definition) is 12. The van der Waals surface area contributed by atoms with E-state index in [1.165, 1.54) is 27.2 Å². The van der Waals surface area contributed by atoms with E-state index in [9.17, 15) is 29.1 Å². The van der Waals surface area contributed by atoms with Crippen molar-refractivity contribution in [2.45, 2.75) is 63.3 Å². The van der Waals surface area contributed by atoms with Gasteiger partial charge in [0.15, 0.2) is 17.0 Å². The van der Waals surface area contributed by atoms with E-state index in [1.807, 2.05) is 59.0 Å². The van der Waals surface area contributed by atoms with Crippen LogP contribution in [0, 0.1) is 5.82 Å². The third kappa shape index (κ3) is 7.89. The first kappa shape index (κ1) is 43.4. The SMILES string of the molecule is Cn1nc(N2CCC(=O)NC2=O)c2ccc(N3CCC(O)(CC(=O)N4CCN(c5ccc(-c6cc(F)c7c(c6)C(=O)N(C(C(=O)Nc6nccs6)c6ncn8c6CCC8)C7)cc5)CC4)CC3)cc21. The number of imide groups is 1. The molecule has 6 amide bonds. The lowest BCUT2D eigenvalue weighted by atomic mass is 9.87. The van der Waals surface area contributed by atoms with E-state index in [0.717, 1.165) is 52.9 Å². The highest BCUT2D eigenvalue weighted by molar-refractivity contribution is 7.13. The van der Waals surface area contributed by atoms with E-state index in [-0.39, 0.29) is 48.9 Å². The van der Waals surface area contributed by atoms with Gasteiger partial charge >= 0.3 is 6.03 Å². The number of amides is 6. The van der Waals surface area contributed by atoms with Gasteiger partial charge in [0, 0.05) is 111 Å². The summed E-state index contributed by atoms with van der Waals surface area (Å²) in [5.74, 6) is -1.29. The Balaban J connectivity index is 0.699. The zero-order chi connectivity index (χ0) is 46.8. The number of fused-ring (bicyclic) bond motifs is 3.